The third-order valence-electron chi connectivity index (χ3n) is 5.91. The summed E-state index contributed by atoms with van der Waals surface area (Å²) >= 11 is 0. The molecule has 1 saturated carbocycles. The Morgan fingerprint density at radius 3 is 2.55 bits per heavy atom. The predicted molar refractivity (Wildman–Crippen MR) is 134 cm³/mol. The number of aryl methyl sites for hydroxylation is 3. The SMILES string of the molecule is CCCCc1cn(CCC2CC2)c(=O)n1Cc1ccc(C)nc1.N/N=C(\N)c1ccccc1. The molecular weight excluding hydrogens is 412 g/mol. The Bertz CT molecular complexity index is 1080. The summed E-state index contributed by atoms with van der Waals surface area (Å²) in [6.45, 7) is 5.66. The van der Waals surface area contributed by atoms with E-state index in [9.17, 15) is 4.79 Å². The van der Waals surface area contributed by atoms with Crippen molar-refractivity contribution in [3.8, 4) is 0 Å². The maximum Gasteiger partial charge on any atom is 0.328 e. The van der Waals surface area contributed by atoms with Crippen molar-refractivity contribution in [2.24, 2.45) is 22.6 Å². The first-order valence-corrected chi connectivity index (χ1v) is 11.8. The van der Waals surface area contributed by atoms with Crippen molar-refractivity contribution in [3.63, 3.8) is 0 Å². The zero-order chi connectivity index (χ0) is 23.6. The number of nitrogens with two attached hydrogens (primary N) is 2. The van der Waals surface area contributed by atoms with Gasteiger partial charge < -0.3 is 11.6 Å². The first kappa shape index (κ1) is 24.3. The number of unbranched alkanes of at least 4 members (excludes halogenated alkanes) is 1. The highest BCUT2D eigenvalue weighted by Gasteiger charge is 2.21. The van der Waals surface area contributed by atoms with E-state index in [1.54, 1.807) is 0 Å². The molecule has 2 heterocycles. The molecule has 7 nitrogen and oxygen atoms in total. The Morgan fingerprint density at radius 1 is 1.18 bits per heavy atom. The number of hydrazone groups is 1. The molecular formula is C26H36N6O. The third kappa shape index (κ3) is 7.34. The lowest BCUT2D eigenvalue weighted by atomic mass is 10.2. The lowest BCUT2D eigenvalue weighted by Gasteiger charge is -2.07. The highest BCUT2D eigenvalue weighted by Crippen LogP contribution is 2.32. The van der Waals surface area contributed by atoms with Gasteiger partial charge in [0.1, 0.15) is 5.84 Å². The lowest BCUT2D eigenvalue weighted by molar-refractivity contribution is 0.567. The summed E-state index contributed by atoms with van der Waals surface area (Å²) < 4.78 is 3.86. The fourth-order valence-electron chi connectivity index (χ4n) is 3.66. The van der Waals surface area contributed by atoms with Crippen LogP contribution in [0.15, 0.2) is 64.8 Å². The molecule has 2 aromatic heterocycles. The Labute approximate surface area is 196 Å². The fourth-order valence-corrected chi connectivity index (χ4v) is 3.66. The van der Waals surface area contributed by atoms with Crippen molar-refractivity contribution in [2.45, 2.75) is 65.5 Å². The normalized spacial score (nSPS) is 13.5. The van der Waals surface area contributed by atoms with Crippen LogP contribution in [0.5, 0.6) is 0 Å². The van der Waals surface area contributed by atoms with Gasteiger partial charge in [-0.25, -0.2) is 4.79 Å². The van der Waals surface area contributed by atoms with Crippen LogP contribution in [-0.4, -0.2) is 20.0 Å². The number of nitrogens with zero attached hydrogens (tertiary/aromatic N) is 4. The Hall–Kier alpha value is -3.35. The van der Waals surface area contributed by atoms with Gasteiger partial charge in [0.15, 0.2) is 0 Å². The van der Waals surface area contributed by atoms with Crippen molar-refractivity contribution in [2.75, 3.05) is 0 Å². The highest BCUT2D eigenvalue weighted by atomic mass is 16.1. The van der Waals surface area contributed by atoms with Crippen LogP contribution in [-0.2, 0) is 19.5 Å². The predicted octanol–water partition coefficient (Wildman–Crippen LogP) is 3.81. The molecule has 1 fully saturated rings. The first-order valence-electron chi connectivity index (χ1n) is 11.8. The minimum absolute atomic E-state index is 0.136. The fraction of sp³-hybridized carbons (Fsp3) is 0.423. The third-order valence-corrected chi connectivity index (χ3v) is 5.91. The molecule has 33 heavy (non-hydrogen) atoms. The molecule has 0 aliphatic heterocycles. The molecule has 1 aromatic carbocycles. The number of imidazole rings is 1. The monoisotopic (exact) mass is 448 g/mol. The highest BCUT2D eigenvalue weighted by molar-refractivity contribution is 5.97. The number of rotatable bonds is 9. The summed E-state index contributed by atoms with van der Waals surface area (Å²) in [5, 5.41) is 3.35. The van der Waals surface area contributed by atoms with Crippen molar-refractivity contribution in [1.29, 1.82) is 0 Å². The number of hydrogen-bond acceptors (Lipinski definition) is 4. The lowest BCUT2D eigenvalue weighted by Crippen LogP contribution is -2.26. The number of pyridine rings is 1. The number of benzene rings is 1. The summed E-state index contributed by atoms with van der Waals surface area (Å²) in [4.78, 5) is 17.1. The molecule has 1 aliphatic carbocycles. The van der Waals surface area contributed by atoms with Crippen LogP contribution in [0.3, 0.4) is 0 Å². The van der Waals surface area contributed by atoms with E-state index in [2.05, 4.69) is 29.3 Å². The molecule has 3 aromatic rings. The second-order valence-corrected chi connectivity index (χ2v) is 8.71. The second-order valence-electron chi connectivity index (χ2n) is 8.71. The topological polar surface area (TPSA) is 104 Å². The van der Waals surface area contributed by atoms with E-state index in [1.165, 1.54) is 12.8 Å². The molecule has 0 amide bonds. The molecule has 0 spiro atoms. The first-order chi connectivity index (χ1) is 16.0. The molecule has 176 valence electrons. The molecule has 0 atom stereocenters. The van der Waals surface area contributed by atoms with Crippen LogP contribution >= 0.6 is 0 Å². The molecule has 4 N–H and O–H groups in total. The van der Waals surface area contributed by atoms with Gasteiger partial charge >= 0.3 is 5.69 Å². The zero-order valence-electron chi connectivity index (χ0n) is 19.8. The molecule has 0 saturated heterocycles. The summed E-state index contributed by atoms with van der Waals surface area (Å²) in [6, 6.07) is 13.5. The molecule has 7 heteroatoms. The van der Waals surface area contributed by atoms with Gasteiger partial charge in [0.25, 0.3) is 0 Å². The van der Waals surface area contributed by atoms with E-state index >= 15 is 0 Å². The number of amidine groups is 1. The summed E-state index contributed by atoms with van der Waals surface area (Å²) in [6.07, 6.45) is 11.0. The minimum atomic E-state index is 0.136. The van der Waals surface area contributed by atoms with E-state index in [0.717, 1.165) is 60.7 Å². The van der Waals surface area contributed by atoms with Crippen LogP contribution in [0.4, 0.5) is 0 Å². The van der Waals surface area contributed by atoms with Crippen molar-refractivity contribution in [3.05, 3.63) is 87.9 Å². The quantitative estimate of drug-likeness (QED) is 0.225. The average Bonchev–Trinajstić information content (AvgIpc) is 3.63. The Morgan fingerprint density at radius 2 is 1.94 bits per heavy atom. The Kier molecular flexibility index (Phi) is 8.87. The van der Waals surface area contributed by atoms with Gasteiger partial charge in [-0.05, 0) is 43.7 Å². The minimum Gasteiger partial charge on any atom is -0.382 e. The van der Waals surface area contributed by atoms with Gasteiger partial charge in [-0.15, -0.1) is 0 Å². The van der Waals surface area contributed by atoms with E-state index in [-0.39, 0.29) is 5.69 Å². The van der Waals surface area contributed by atoms with Gasteiger partial charge in [0.2, 0.25) is 0 Å². The average molecular weight is 449 g/mol. The summed E-state index contributed by atoms with van der Waals surface area (Å²) in [5.74, 6) is 6.18. The Balaban J connectivity index is 0.000000257. The zero-order valence-corrected chi connectivity index (χ0v) is 19.8. The molecule has 0 radical (unpaired) electrons. The van der Waals surface area contributed by atoms with Crippen LogP contribution in [0, 0.1) is 12.8 Å². The van der Waals surface area contributed by atoms with Gasteiger partial charge in [0, 0.05) is 35.9 Å². The second kappa shape index (κ2) is 12.0. The van der Waals surface area contributed by atoms with Crippen molar-refractivity contribution in [1.82, 2.24) is 14.1 Å². The van der Waals surface area contributed by atoms with Gasteiger partial charge in [-0.3, -0.25) is 14.1 Å². The van der Waals surface area contributed by atoms with Crippen LogP contribution < -0.4 is 17.3 Å². The van der Waals surface area contributed by atoms with E-state index in [4.69, 9.17) is 11.6 Å². The molecule has 0 unspecified atom stereocenters. The number of aromatic nitrogens is 3. The van der Waals surface area contributed by atoms with E-state index in [1.807, 2.05) is 58.7 Å². The van der Waals surface area contributed by atoms with Crippen LogP contribution in [0.1, 0.15) is 61.5 Å². The van der Waals surface area contributed by atoms with E-state index in [0.29, 0.717) is 12.4 Å². The maximum atomic E-state index is 12.8. The van der Waals surface area contributed by atoms with Gasteiger partial charge in [0.05, 0.1) is 6.54 Å². The largest absolute Gasteiger partial charge is 0.382 e. The van der Waals surface area contributed by atoms with Crippen molar-refractivity contribution >= 4 is 5.84 Å². The number of hydrogen-bond donors (Lipinski definition) is 2. The van der Waals surface area contributed by atoms with E-state index < -0.39 is 0 Å². The summed E-state index contributed by atoms with van der Waals surface area (Å²) in [7, 11) is 0. The molecule has 1 aliphatic rings. The summed E-state index contributed by atoms with van der Waals surface area (Å²) in [5.41, 5.74) is 9.67. The standard InChI is InChI=1S/C19H27N3O.C7H9N3/c1-3-4-5-18-14-21(11-10-16-8-9-16)19(23)22(18)13-17-7-6-15(2)20-12-17;8-7(10-9)6-4-2-1-3-5-6/h6-7,12,14,16H,3-5,8-11,13H2,1-2H3;1-5H,9H2,(H2,8,10). The van der Waals surface area contributed by atoms with Crippen LogP contribution in [0.25, 0.3) is 0 Å². The molecule has 4 rings (SSSR count). The van der Waals surface area contributed by atoms with Gasteiger partial charge in [-0.2, -0.15) is 5.10 Å². The van der Waals surface area contributed by atoms with Crippen LogP contribution in [0.2, 0.25) is 0 Å². The van der Waals surface area contributed by atoms with Gasteiger partial charge in [-0.1, -0.05) is 62.6 Å². The maximum absolute atomic E-state index is 12.8. The van der Waals surface area contributed by atoms with Crippen molar-refractivity contribution < 1.29 is 0 Å². The smallest absolute Gasteiger partial charge is 0.328 e. The molecule has 0 bridgehead atoms.